The first-order chi connectivity index (χ1) is 8.06. The molecule has 2 aromatic rings. The van der Waals surface area contributed by atoms with Gasteiger partial charge in [-0.05, 0) is 51.1 Å². The van der Waals surface area contributed by atoms with Crippen LogP contribution in [0.25, 0.3) is 0 Å². The van der Waals surface area contributed by atoms with E-state index in [1.807, 2.05) is 24.3 Å². The third-order valence-corrected chi connectivity index (χ3v) is 5.03. The van der Waals surface area contributed by atoms with E-state index in [1.165, 1.54) is 4.88 Å². The van der Waals surface area contributed by atoms with Gasteiger partial charge < -0.3 is 5.73 Å². The number of halogens is 3. The van der Waals surface area contributed by atoms with Crippen molar-refractivity contribution in [2.24, 2.45) is 5.73 Å². The van der Waals surface area contributed by atoms with Gasteiger partial charge in [-0.25, -0.2) is 0 Å². The lowest BCUT2D eigenvalue weighted by Gasteiger charge is -2.12. The third kappa shape index (κ3) is 3.55. The molecule has 1 aromatic heterocycles. The fourth-order valence-electron chi connectivity index (χ4n) is 1.58. The molecular weight excluding hydrogens is 385 g/mol. The smallest absolute Gasteiger partial charge is 0.0420 e. The van der Waals surface area contributed by atoms with Crippen LogP contribution in [0, 0.1) is 0 Å². The van der Waals surface area contributed by atoms with Crippen LogP contribution in [0.4, 0.5) is 0 Å². The molecule has 0 bridgehead atoms. The predicted octanol–water partition coefficient (Wildman–Crippen LogP) is 5.17. The molecule has 0 spiro atoms. The molecule has 1 nitrogen and oxygen atoms in total. The van der Waals surface area contributed by atoms with Gasteiger partial charge in [0.05, 0.1) is 0 Å². The average Bonchev–Trinajstić information content (AvgIpc) is 2.63. The van der Waals surface area contributed by atoms with Gasteiger partial charge in [-0.1, -0.05) is 27.5 Å². The van der Waals surface area contributed by atoms with E-state index in [0.717, 1.165) is 20.9 Å². The Morgan fingerprint density at radius 3 is 2.65 bits per heavy atom. The Labute approximate surface area is 126 Å². The summed E-state index contributed by atoms with van der Waals surface area (Å²) in [5.41, 5.74) is 7.25. The van der Waals surface area contributed by atoms with E-state index in [2.05, 4.69) is 37.2 Å². The largest absolute Gasteiger partial charge is 0.324 e. The van der Waals surface area contributed by atoms with E-state index >= 15 is 0 Å². The van der Waals surface area contributed by atoms with Crippen molar-refractivity contribution in [1.82, 2.24) is 0 Å². The van der Waals surface area contributed by atoms with Crippen LogP contribution >= 0.6 is 54.8 Å². The van der Waals surface area contributed by atoms with E-state index in [4.69, 9.17) is 17.3 Å². The van der Waals surface area contributed by atoms with Crippen molar-refractivity contribution in [1.29, 1.82) is 0 Å². The molecule has 0 radical (unpaired) electrons. The number of benzene rings is 1. The number of thiophene rings is 1. The number of hydrogen-bond acceptors (Lipinski definition) is 2. The summed E-state index contributed by atoms with van der Waals surface area (Å²) in [5.74, 6) is 0. The van der Waals surface area contributed by atoms with E-state index in [9.17, 15) is 0 Å². The summed E-state index contributed by atoms with van der Waals surface area (Å²) in [4.78, 5) is 1.26. The van der Waals surface area contributed by atoms with E-state index < -0.39 is 0 Å². The Morgan fingerprint density at radius 1 is 1.29 bits per heavy atom. The molecule has 1 atom stereocenters. The molecule has 90 valence electrons. The van der Waals surface area contributed by atoms with Crippen LogP contribution < -0.4 is 5.73 Å². The maximum atomic E-state index is 6.20. The van der Waals surface area contributed by atoms with Crippen LogP contribution in [-0.2, 0) is 6.42 Å². The quantitative estimate of drug-likeness (QED) is 0.762. The van der Waals surface area contributed by atoms with Crippen molar-refractivity contribution in [2.75, 3.05) is 0 Å². The first-order valence-corrected chi connectivity index (χ1v) is 7.84. The highest BCUT2D eigenvalue weighted by atomic mass is 79.9. The van der Waals surface area contributed by atoms with Crippen molar-refractivity contribution in [3.8, 4) is 0 Å². The lowest BCUT2D eigenvalue weighted by molar-refractivity contribution is 0.728. The first-order valence-electron chi connectivity index (χ1n) is 4.99. The minimum atomic E-state index is -0.0417. The first kappa shape index (κ1) is 13.6. The fourth-order valence-corrected chi connectivity index (χ4v) is 4.04. The zero-order valence-electron chi connectivity index (χ0n) is 8.79. The zero-order valence-corrected chi connectivity index (χ0v) is 13.5. The van der Waals surface area contributed by atoms with Gasteiger partial charge >= 0.3 is 0 Å². The second-order valence-corrected chi connectivity index (χ2v) is 6.91. The van der Waals surface area contributed by atoms with Gasteiger partial charge in [-0.2, -0.15) is 0 Å². The highest BCUT2D eigenvalue weighted by Crippen LogP contribution is 2.29. The van der Waals surface area contributed by atoms with Crippen molar-refractivity contribution in [2.45, 2.75) is 12.5 Å². The van der Waals surface area contributed by atoms with Crippen molar-refractivity contribution < 1.29 is 0 Å². The molecule has 1 heterocycles. The molecule has 1 aromatic carbocycles. The summed E-state index contributed by atoms with van der Waals surface area (Å²) in [6.45, 7) is 0. The Balaban J connectivity index is 2.20. The van der Waals surface area contributed by atoms with Gasteiger partial charge in [-0.15, -0.1) is 11.3 Å². The molecule has 0 fully saturated rings. The maximum Gasteiger partial charge on any atom is 0.0420 e. The molecule has 0 amide bonds. The SMILES string of the molecule is NC(Cc1sccc1Br)c1cc(Cl)cc(Br)c1. The Hall–Kier alpha value is 0.130. The maximum absolute atomic E-state index is 6.20. The highest BCUT2D eigenvalue weighted by Gasteiger charge is 2.11. The zero-order chi connectivity index (χ0) is 12.4. The van der Waals surface area contributed by atoms with Gasteiger partial charge in [0.25, 0.3) is 0 Å². The van der Waals surface area contributed by atoms with Gasteiger partial charge in [0.15, 0.2) is 0 Å². The van der Waals surface area contributed by atoms with Crippen molar-refractivity contribution >= 4 is 54.8 Å². The Bertz CT molecular complexity index is 507. The minimum absolute atomic E-state index is 0.0417. The van der Waals surface area contributed by atoms with Crippen molar-refractivity contribution in [3.05, 3.63) is 54.1 Å². The molecule has 1 unspecified atom stereocenters. The van der Waals surface area contributed by atoms with Gasteiger partial charge in [0.1, 0.15) is 0 Å². The lowest BCUT2D eigenvalue weighted by Crippen LogP contribution is -2.12. The minimum Gasteiger partial charge on any atom is -0.324 e. The summed E-state index contributed by atoms with van der Waals surface area (Å²) in [6, 6.07) is 7.79. The molecule has 5 heteroatoms. The van der Waals surface area contributed by atoms with Crippen LogP contribution in [0.3, 0.4) is 0 Å². The summed E-state index contributed by atoms with van der Waals surface area (Å²) in [7, 11) is 0. The Morgan fingerprint density at radius 2 is 2.06 bits per heavy atom. The molecule has 2 N–H and O–H groups in total. The molecule has 17 heavy (non-hydrogen) atoms. The molecule has 0 aliphatic carbocycles. The predicted molar refractivity (Wildman–Crippen MR) is 81.8 cm³/mol. The van der Waals surface area contributed by atoms with Gasteiger partial charge in [0, 0.05) is 31.3 Å². The molecule has 2 rings (SSSR count). The van der Waals surface area contributed by atoms with Crippen LogP contribution in [0.1, 0.15) is 16.5 Å². The van der Waals surface area contributed by atoms with E-state index in [-0.39, 0.29) is 6.04 Å². The number of rotatable bonds is 3. The molecule has 0 aliphatic heterocycles. The van der Waals surface area contributed by atoms with Crippen LogP contribution in [-0.4, -0.2) is 0 Å². The molecule has 0 saturated heterocycles. The monoisotopic (exact) mass is 393 g/mol. The van der Waals surface area contributed by atoms with Gasteiger partial charge in [-0.3, -0.25) is 0 Å². The molecule has 0 aliphatic rings. The van der Waals surface area contributed by atoms with Crippen LogP contribution in [0.5, 0.6) is 0 Å². The van der Waals surface area contributed by atoms with Crippen molar-refractivity contribution in [3.63, 3.8) is 0 Å². The molecular formula is C12H10Br2ClNS. The third-order valence-electron chi connectivity index (χ3n) is 2.41. The van der Waals surface area contributed by atoms with Crippen LogP contribution in [0.15, 0.2) is 38.6 Å². The standard InChI is InChI=1S/C12H10Br2ClNS/c13-8-3-7(4-9(15)5-8)11(16)6-12-10(14)1-2-17-12/h1-5,11H,6,16H2. The Kier molecular flexibility index (Phi) is 4.66. The van der Waals surface area contributed by atoms with E-state index in [0.29, 0.717) is 5.02 Å². The van der Waals surface area contributed by atoms with Crippen LogP contribution in [0.2, 0.25) is 5.02 Å². The second kappa shape index (κ2) is 5.85. The second-order valence-electron chi connectivity index (χ2n) is 3.71. The average molecular weight is 396 g/mol. The topological polar surface area (TPSA) is 26.0 Å². The van der Waals surface area contributed by atoms with E-state index in [1.54, 1.807) is 11.3 Å². The summed E-state index contributed by atoms with van der Waals surface area (Å²) in [5, 5.41) is 2.76. The summed E-state index contributed by atoms with van der Waals surface area (Å²) >= 11 is 14.7. The highest BCUT2D eigenvalue weighted by molar-refractivity contribution is 9.10. The number of hydrogen-bond donors (Lipinski definition) is 1. The summed E-state index contributed by atoms with van der Waals surface area (Å²) in [6.07, 6.45) is 0.811. The summed E-state index contributed by atoms with van der Waals surface area (Å²) < 4.78 is 2.08. The normalized spacial score (nSPS) is 12.7. The van der Waals surface area contributed by atoms with Gasteiger partial charge in [0.2, 0.25) is 0 Å². The fraction of sp³-hybridized carbons (Fsp3) is 0.167. The lowest BCUT2D eigenvalue weighted by atomic mass is 10.0. The molecule has 0 saturated carbocycles. The number of nitrogens with two attached hydrogens (primary N) is 1.